The number of hydrogen-bond donors (Lipinski definition) is 0. The molecule has 18 heavy (non-hydrogen) atoms. The van der Waals surface area contributed by atoms with E-state index in [2.05, 4.69) is 56.8 Å². The molecule has 0 aliphatic heterocycles. The first kappa shape index (κ1) is 16.4. The molecular weight excluding hydrogens is 216 g/mol. The minimum Gasteiger partial charge on any atom is -0.0991 e. The van der Waals surface area contributed by atoms with Gasteiger partial charge in [-0.05, 0) is 18.9 Å². The van der Waals surface area contributed by atoms with Crippen molar-refractivity contribution in [2.24, 2.45) is 0 Å². The van der Waals surface area contributed by atoms with E-state index < -0.39 is 0 Å². The van der Waals surface area contributed by atoms with Crippen LogP contribution < -0.4 is 0 Å². The molecule has 0 bridgehead atoms. The van der Waals surface area contributed by atoms with E-state index in [4.69, 9.17) is 0 Å². The summed E-state index contributed by atoms with van der Waals surface area (Å²) in [7, 11) is 0. The summed E-state index contributed by atoms with van der Waals surface area (Å²) in [5.74, 6) is 0.524. The zero-order valence-electron chi connectivity index (χ0n) is 12.2. The van der Waals surface area contributed by atoms with Gasteiger partial charge in [-0.25, -0.2) is 0 Å². The molecule has 0 saturated carbocycles. The third kappa shape index (κ3) is 5.67. The first-order valence-corrected chi connectivity index (χ1v) is 6.80. The highest BCUT2D eigenvalue weighted by Crippen LogP contribution is 2.26. The van der Waals surface area contributed by atoms with E-state index in [1.807, 2.05) is 26.0 Å². The molecule has 1 unspecified atom stereocenters. The SMILES string of the molecule is C=C/C=C\C=C(/C)C(CC)c1ccccc1.CC. The van der Waals surface area contributed by atoms with Crippen LogP contribution in [0.2, 0.25) is 0 Å². The summed E-state index contributed by atoms with van der Waals surface area (Å²) in [6.07, 6.45) is 9.11. The molecule has 0 spiro atoms. The van der Waals surface area contributed by atoms with Crippen LogP contribution in [0.5, 0.6) is 0 Å². The predicted molar refractivity (Wildman–Crippen MR) is 83.9 cm³/mol. The van der Waals surface area contributed by atoms with Gasteiger partial charge in [0, 0.05) is 5.92 Å². The third-order valence-corrected chi connectivity index (χ3v) is 2.77. The molecule has 1 rings (SSSR count). The van der Waals surface area contributed by atoms with Crippen LogP contribution >= 0.6 is 0 Å². The highest BCUT2D eigenvalue weighted by molar-refractivity contribution is 5.30. The zero-order valence-corrected chi connectivity index (χ0v) is 12.2. The van der Waals surface area contributed by atoms with Crippen LogP contribution in [0.1, 0.15) is 45.6 Å². The minimum absolute atomic E-state index is 0.524. The molecule has 0 N–H and O–H groups in total. The predicted octanol–water partition coefficient (Wildman–Crippen LogP) is 5.89. The van der Waals surface area contributed by atoms with Crippen molar-refractivity contribution in [2.45, 2.75) is 40.0 Å². The Morgan fingerprint density at radius 2 is 1.78 bits per heavy atom. The van der Waals surface area contributed by atoms with E-state index in [-0.39, 0.29) is 0 Å². The summed E-state index contributed by atoms with van der Waals surface area (Å²) in [6.45, 7) is 12.1. The fourth-order valence-electron chi connectivity index (χ4n) is 1.91. The van der Waals surface area contributed by atoms with E-state index >= 15 is 0 Å². The number of rotatable bonds is 5. The largest absolute Gasteiger partial charge is 0.0991 e. The lowest BCUT2D eigenvalue weighted by Gasteiger charge is -2.15. The lowest BCUT2D eigenvalue weighted by atomic mass is 9.89. The van der Waals surface area contributed by atoms with Crippen molar-refractivity contribution in [3.63, 3.8) is 0 Å². The molecule has 0 aliphatic carbocycles. The van der Waals surface area contributed by atoms with Gasteiger partial charge in [0.1, 0.15) is 0 Å². The van der Waals surface area contributed by atoms with E-state index in [9.17, 15) is 0 Å². The quantitative estimate of drug-likeness (QED) is 0.564. The second-order valence-electron chi connectivity index (χ2n) is 3.90. The van der Waals surface area contributed by atoms with Crippen LogP contribution in [-0.4, -0.2) is 0 Å². The first-order valence-electron chi connectivity index (χ1n) is 6.80. The van der Waals surface area contributed by atoms with Gasteiger partial charge in [-0.3, -0.25) is 0 Å². The maximum atomic E-state index is 3.66. The fourth-order valence-corrected chi connectivity index (χ4v) is 1.91. The smallest absolute Gasteiger partial charge is 0.00458 e. The van der Waals surface area contributed by atoms with Gasteiger partial charge in [0.15, 0.2) is 0 Å². The van der Waals surface area contributed by atoms with E-state index in [0.717, 1.165) is 6.42 Å². The Labute approximate surface area is 113 Å². The lowest BCUT2D eigenvalue weighted by Crippen LogP contribution is -1.98. The van der Waals surface area contributed by atoms with Crippen molar-refractivity contribution in [1.82, 2.24) is 0 Å². The van der Waals surface area contributed by atoms with Gasteiger partial charge in [-0.2, -0.15) is 0 Å². The second kappa shape index (κ2) is 10.6. The van der Waals surface area contributed by atoms with Crippen molar-refractivity contribution < 1.29 is 0 Å². The molecule has 1 atom stereocenters. The fraction of sp³-hybridized carbons (Fsp3) is 0.333. The van der Waals surface area contributed by atoms with Crippen LogP contribution in [0.15, 0.2) is 66.8 Å². The molecule has 0 heterocycles. The van der Waals surface area contributed by atoms with Gasteiger partial charge in [-0.1, -0.05) is 87.6 Å². The van der Waals surface area contributed by atoms with Crippen molar-refractivity contribution in [1.29, 1.82) is 0 Å². The molecule has 0 heteroatoms. The van der Waals surface area contributed by atoms with Gasteiger partial charge >= 0.3 is 0 Å². The molecule has 0 saturated heterocycles. The average Bonchev–Trinajstić information content (AvgIpc) is 2.43. The van der Waals surface area contributed by atoms with Crippen LogP contribution in [0, 0.1) is 0 Å². The van der Waals surface area contributed by atoms with Gasteiger partial charge in [0.25, 0.3) is 0 Å². The van der Waals surface area contributed by atoms with E-state index in [1.165, 1.54) is 11.1 Å². The lowest BCUT2D eigenvalue weighted by molar-refractivity contribution is 0.759. The van der Waals surface area contributed by atoms with E-state index in [0.29, 0.717) is 5.92 Å². The van der Waals surface area contributed by atoms with Crippen molar-refractivity contribution in [2.75, 3.05) is 0 Å². The van der Waals surface area contributed by atoms with Crippen molar-refractivity contribution >= 4 is 0 Å². The van der Waals surface area contributed by atoms with Gasteiger partial charge in [-0.15, -0.1) is 0 Å². The molecule has 1 aromatic rings. The molecule has 0 radical (unpaired) electrons. The Hall–Kier alpha value is -1.56. The topological polar surface area (TPSA) is 0 Å². The summed E-state index contributed by atoms with van der Waals surface area (Å²) < 4.78 is 0. The van der Waals surface area contributed by atoms with Gasteiger partial charge in [0.05, 0.1) is 0 Å². The molecule has 98 valence electrons. The zero-order chi connectivity index (χ0) is 13.8. The summed E-state index contributed by atoms with van der Waals surface area (Å²) in [4.78, 5) is 0. The number of benzene rings is 1. The molecule has 0 nitrogen and oxygen atoms in total. The minimum atomic E-state index is 0.524. The molecule has 0 aromatic heterocycles. The van der Waals surface area contributed by atoms with E-state index in [1.54, 1.807) is 6.08 Å². The Balaban J connectivity index is 0.00000137. The highest BCUT2D eigenvalue weighted by atomic mass is 14.1. The number of allylic oxidation sites excluding steroid dienone is 5. The van der Waals surface area contributed by atoms with Gasteiger partial charge in [0.2, 0.25) is 0 Å². The molecule has 0 fully saturated rings. The Kier molecular flexibility index (Phi) is 9.67. The highest BCUT2D eigenvalue weighted by Gasteiger charge is 2.09. The summed E-state index contributed by atoms with van der Waals surface area (Å²) >= 11 is 0. The van der Waals surface area contributed by atoms with Crippen LogP contribution in [0.25, 0.3) is 0 Å². The van der Waals surface area contributed by atoms with Crippen LogP contribution in [-0.2, 0) is 0 Å². The number of hydrogen-bond acceptors (Lipinski definition) is 0. The van der Waals surface area contributed by atoms with Crippen LogP contribution in [0.4, 0.5) is 0 Å². The molecule has 0 amide bonds. The van der Waals surface area contributed by atoms with Crippen molar-refractivity contribution in [3.8, 4) is 0 Å². The standard InChI is InChI=1S/C16H20.C2H6/c1-4-6-8-11-14(3)16(5-2)15-12-9-7-10-13-15;1-2/h4,6-13,16H,1,5H2,2-3H3;1-2H3/b8-6-,14-11+;. The average molecular weight is 242 g/mol. The molecule has 1 aromatic carbocycles. The Morgan fingerprint density at radius 1 is 1.17 bits per heavy atom. The summed E-state index contributed by atoms with van der Waals surface area (Å²) in [5, 5.41) is 0. The summed E-state index contributed by atoms with van der Waals surface area (Å²) in [6, 6.07) is 10.7. The second-order valence-corrected chi connectivity index (χ2v) is 3.90. The molecule has 0 aliphatic rings. The monoisotopic (exact) mass is 242 g/mol. The Morgan fingerprint density at radius 3 is 2.28 bits per heavy atom. The molecular formula is C18H26. The third-order valence-electron chi connectivity index (χ3n) is 2.77. The first-order chi connectivity index (χ1) is 8.79. The summed E-state index contributed by atoms with van der Waals surface area (Å²) in [5.41, 5.74) is 2.79. The van der Waals surface area contributed by atoms with Crippen molar-refractivity contribution in [3.05, 3.63) is 72.4 Å². The maximum absolute atomic E-state index is 3.66. The Bertz CT molecular complexity index is 368. The maximum Gasteiger partial charge on any atom is 0.00458 e. The normalized spacial score (nSPS) is 12.8. The van der Waals surface area contributed by atoms with Crippen LogP contribution in [0.3, 0.4) is 0 Å². The van der Waals surface area contributed by atoms with Gasteiger partial charge < -0.3 is 0 Å².